The lowest BCUT2D eigenvalue weighted by Gasteiger charge is -2.26. The summed E-state index contributed by atoms with van der Waals surface area (Å²) in [4.78, 5) is 98.7. The molecule has 18 heteroatoms. The molecule has 2 aromatic carbocycles. The van der Waals surface area contributed by atoms with Crippen molar-refractivity contribution in [3.63, 3.8) is 0 Å². The minimum absolute atomic E-state index is 0.0240. The third kappa shape index (κ3) is 14.9. The minimum Gasteiger partial charge on any atom is -0.370 e. The van der Waals surface area contributed by atoms with Gasteiger partial charge in [0.15, 0.2) is 5.96 Å². The molecule has 0 aliphatic rings. The van der Waals surface area contributed by atoms with Gasteiger partial charge in [-0.3, -0.25) is 38.6 Å². The zero-order valence-electron chi connectivity index (χ0n) is 33.4. The van der Waals surface area contributed by atoms with E-state index in [0.29, 0.717) is 18.4 Å². The van der Waals surface area contributed by atoms with Gasteiger partial charge in [0.05, 0.1) is 0 Å². The molecule has 1 aromatic heterocycles. The van der Waals surface area contributed by atoms with Gasteiger partial charge in [0, 0.05) is 43.4 Å². The van der Waals surface area contributed by atoms with E-state index < -0.39 is 77.6 Å². The van der Waals surface area contributed by atoms with E-state index in [1.54, 1.807) is 36.5 Å². The molecular weight excluding hydrogens is 747 g/mol. The number of amides is 7. The molecule has 3 rings (SSSR count). The number of carbonyl (C=O) groups excluding carboxylic acids is 7. The van der Waals surface area contributed by atoms with Crippen LogP contribution in [0.1, 0.15) is 70.9 Å². The fourth-order valence-electron chi connectivity index (χ4n) is 6.12. The Hall–Kier alpha value is -6.46. The third-order valence-corrected chi connectivity index (χ3v) is 9.30. The van der Waals surface area contributed by atoms with Gasteiger partial charge in [0.2, 0.25) is 41.4 Å². The molecule has 3 aromatic rings. The van der Waals surface area contributed by atoms with Crippen LogP contribution in [0.5, 0.6) is 0 Å². The van der Waals surface area contributed by atoms with E-state index in [1.807, 2.05) is 31.2 Å². The van der Waals surface area contributed by atoms with Gasteiger partial charge in [-0.2, -0.15) is 0 Å². The molecule has 1 unspecified atom stereocenters. The Kier molecular flexibility index (Phi) is 18.2. The number of benzene rings is 2. The van der Waals surface area contributed by atoms with Gasteiger partial charge in [0.25, 0.3) is 0 Å². The molecular formula is C40H57N11O7. The van der Waals surface area contributed by atoms with Crippen LogP contribution in [0.2, 0.25) is 0 Å². The number of carbonyl (C=O) groups is 7. The van der Waals surface area contributed by atoms with Crippen LogP contribution in [0.3, 0.4) is 0 Å². The largest absolute Gasteiger partial charge is 0.370 e. The molecule has 0 fully saturated rings. The number of para-hydroxylation sites is 1. The first-order valence-electron chi connectivity index (χ1n) is 19.3. The Morgan fingerprint density at radius 2 is 1.17 bits per heavy atom. The number of aromatic nitrogens is 1. The van der Waals surface area contributed by atoms with Crippen LogP contribution in [0.25, 0.3) is 10.9 Å². The fraction of sp³-hybridized carbons (Fsp3) is 0.450. The molecule has 314 valence electrons. The molecule has 0 radical (unpaired) electrons. The predicted molar refractivity (Wildman–Crippen MR) is 219 cm³/mol. The number of hydrogen-bond acceptors (Lipinski definition) is 8. The predicted octanol–water partition coefficient (Wildman–Crippen LogP) is -0.349. The molecule has 0 saturated heterocycles. The van der Waals surface area contributed by atoms with Gasteiger partial charge in [0.1, 0.15) is 36.3 Å². The number of nitrogens with two attached hydrogens (primary N) is 3. The second-order valence-corrected chi connectivity index (χ2v) is 14.1. The van der Waals surface area contributed by atoms with Gasteiger partial charge in [-0.15, -0.1) is 0 Å². The highest BCUT2D eigenvalue weighted by Gasteiger charge is 2.31. The number of H-pyrrole nitrogens is 1. The Labute approximate surface area is 337 Å². The monoisotopic (exact) mass is 803 g/mol. The second kappa shape index (κ2) is 22.9. The maximum absolute atomic E-state index is 14.0. The van der Waals surface area contributed by atoms with Crippen molar-refractivity contribution in [2.75, 3.05) is 6.54 Å². The Morgan fingerprint density at radius 1 is 0.638 bits per heavy atom. The van der Waals surface area contributed by atoms with Crippen LogP contribution in [-0.4, -0.2) is 95.1 Å². The van der Waals surface area contributed by atoms with Crippen molar-refractivity contribution in [1.82, 2.24) is 36.9 Å². The molecule has 0 spiro atoms. The van der Waals surface area contributed by atoms with Crippen molar-refractivity contribution < 1.29 is 33.6 Å². The Bertz CT molecular complexity index is 1910. The average molecular weight is 804 g/mol. The topological polar surface area (TPSA) is 298 Å². The maximum Gasteiger partial charge on any atom is 0.243 e. The van der Waals surface area contributed by atoms with Crippen LogP contribution in [0, 0.1) is 0 Å². The molecule has 0 aliphatic heterocycles. The van der Waals surface area contributed by atoms with Crippen molar-refractivity contribution >= 4 is 58.2 Å². The smallest absolute Gasteiger partial charge is 0.243 e. The van der Waals surface area contributed by atoms with Gasteiger partial charge >= 0.3 is 0 Å². The first kappa shape index (κ1) is 45.9. The summed E-state index contributed by atoms with van der Waals surface area (Å²) >= 11 is 0. The quantitative estimate of drug-likeness (QED) is 0.0340. The lowest BCUT2D eigenvalue weighted by atomic mass is 10.0. The third-order valence-electron chi connectivity index (χ3n) is 9.30. The van der Waals surface area contributed by atoms with Crippen molar-refractivity contribution in [1.29, 1.82) is 0 Å². The molecule has 6 atom stereocenters. The number of fused-ring (bicyclic) bond motifs is 1. The molecule has 0 saturated carbocycles. The summed E-state index contributed by atoms with van der Waals surface area (Å²) < 4.78 is 0. The van der Waals surface area contributed by atoms with Crippen LogP contribution in [0.15, 0.2) is 65.8 Å². The van der Waals surface area contributed by atoms with Crippen LogP contribution >= 0.6 is 0 Å². The number of aromatic amines is 1. The van der Waals surface area contributed by atoms with E-state index in [0.717, 1.165) is 22.9 Å². The normalized spacial score (nSPS) is 14.0. The van der Waals surface area contributed by atoms with Gasteiger partial charge in [-0.05, 0) is 50.3 Å². The van der Waals surface area contributed by atoms with Gasteiger partial charge in [-0.1, -0.05) is 68.3 Å². The summed E-state index contributed by atoms with van der Waals surface area (Å²) in [5.74, 6) is -4.70. The summed E-state index contributed by atoms with van der Waals surface area (Å²) in [7, 11) is 0. The van der Waals surface area contributed by atoms with E-state index in [2.05, 4.69) is 41.9 Å². The SMILES string of the molecule is CCCC[C@H](NC(C)=O)C(=O)NC(C)C(=O)N[C@H](Cc1ccccc1)C(=O)N[C@@H](CCCN=C(N)N)C(=O)N[C@@H](C)C(=O)N[C@@H](Cc1c[nH]c2ccccc12)C(N)=O. The van der Waals surface area contributed by atoms with E-state index >= 15 is 0 Å². The van der Waals surface area contributed by atoms with Crippen molar-refractivity contribution in [3.05, 3.63) is 71.9 Å². The first-order chi connectivity index (χ1) is 27.6. The van der Waals surface area contributed by atoms with Crippen molar-refractivity contribution in [2.45, 2.75) is 109 Å². The Morgan fingerprint density at radius 3 is 1.76 bits per heavy atom. The minimum atomic E-state index is -1.22. The van der Waals surface area contributed by atoms with E-state index in [9.17, 15) is 33.6 Å². The number of nitrogens with zero attached hydrogens (tertiary/aromatic N) is 1. The highest BCUT2D eigenvalue weighted by molar-refractivity contribution is 5.97. The zero-order valence-corrected chi connectivity index (χ0v) is 33.4. The summed E-state index contributed by atoms with van der Waals surface area (Å²) in [6, 6.07) is 9.67. The zero-order chi connectivity index (χ0) is 42.8. The summed E-state index contributed by atoms with van der Waals surface area (Å²) in [6.45, 7) is 6.24. The van der Waals surface area contributed by atoms with Crippen LogP contribution < -0.4 is 49.1 Å². The van der Waals surface area contributed by atoms with Crippen molar-refractivity contribution in [3.8, 4) is 0 Å². The number of rotatable bonds is 23. The number of aliphatic imine (C=N–C) groups is 1. The van der Waals surface area contributed by atoms with Gasteiger partial charge in [-0.25, -0.2) is 0 Å². The lowest BCUT2D eigenvalue weighted by Crippen LogP contribution is -2.59. The molecule has 13 N–H and O–H groups in total. The van der Waals surface area contributed by atoms with E-state index in [1.165, 1.54) is 20.8 Å². The number of nitrogens with one attached hydrogen (secondary N) is 7. The highest BCUT2D eigenvalue weighted by Crippen LogP contribution is 2.19. The lowest BCUT2D eigenvalue weighted by molar-refractivity contribution is -0.135. The fourth-order valence-corrected chi connectivity index (χ4v) is 6.12. The van der Waals surface area contributed by atoms with Crippen LogP contribution in [-0.2, 0) is 46.4 Å². The number of primary amides is 1. The molecule has 7 amide bonds. The second-order valence-electron chi connectivity index (χ2n) is 14.1. The highest BCUT2D eigenvalue weighted by atomic mass is 16.2. The van der Waals surface area contributed by atoms with Crippen LogP contribution in [0.4, 0.5) is 0 Å². The first-order valence-corrected chi connectivity index (χ1v) is 19.3. The molecule has 1 heterocycles. The maximum atomic E-state index is 14.0. The number of hydrogen-bond donors (Lipinski definition) is 10. The number of unbranched alkanes of at least 4 members (excludes halogenated alkanes) is 1. The van der Waals surface area contributed by atoms with Crippen molar-refractivity contribution in [2.24, 2.45) is 22.2 Å². The summed E-state index contributed by atoms with van der Waals surface area (Å²) in [5.41, 5.74) is 18.9. The summed E-state index contributed by atoms with van der Waals surface area (Å²) in [5, 5.41) is 16.7. The molecule has 18 nitrogen and oxygen atoms in total. The molecule has 0 aliphatic carbocycles. The molecule has 58 heavy (non-hydrogen) atoms. The summed E-state index contributed by atoms with van der Waals surface area (Å²) in [6.07, 6.45) is 3.97. The van der Waals surface area contributed by atoms with E-state index in [4.69, 9.17) is 17.2 Å². The average Bonchev–Trinajstić information content (AvgIpc) is 3.59. The standard InChI is InChI=1S/C40H57N11O7/c1-5-6-16-30(48-25(4)52)37(56)46-24(3)36(55)51-33(20-26-13-8-7-9-14-26)39(58)49-31(18-12-19-44-40(42)43)38(57)47-23(2)35(54)50-32(34(41)53)21-27-22-45-29-17-11-10-15-28(27)29/h7-11,13-15,17,22-24,30-33,45H,5-6,12,16,18-21H2,1-4H3,(H2,41,53)(H,46,56)(H,47,57)(H,48,52)(H,49,58)(H,50,54)(H,51,55)(H4,42,43,44)/t23-,24?,30-,31-,32-,33+/m0/s1. The molecule has 0 bridgehead atoms. The van der Waals surface area contributed by atoms with E-state index in [-0.39, 0.29) is 38.2 Å². The Balaban J connectivity index is 1.76. The van der Waals surface area contributed by atoms with Gasteiger partial charge < -0.3 is 54.1 Å². The number of guanidine groups is 1.